The van der Waals surface area contributed by atoms with E-state index in [1.54, 1.807) is 18.2 Å². The van der Waals surface area contributed by atoms with Gasteiger partial charge in [0.25, 0.3) is 0 Å². The second-order valence-corrected chi connectivity index (χ2v) is 5.67. The molecule has 1 atom stereocenters. The number of ether oxygens (including phenoxy) is 1. The first kappa shape index (κ1) is 16.2. The molecule has 4 heteroatoms. The standard InChI is InChI=1S/C17H19Cl2NO/c1-3-17(20-4-2)12-5-7-15(8-6-12)21-16-10-13(18)9-14(19)11-16/h5-11,17,20H,3-4H2,1-2H3. The maximum Gasteiger partial charge on any atom is 0.130 e. The Hall–Kier alpha value is -1.22. The van der Waals surface area contributed by atoms with Crippen LogP contribution in [-0.2, 0) is 0 Å². The lowest BCUT2D eigenvalue weighted by Crippen LogP contribution is -2.19. The minimum absolute atomic E-state index is 0.379. The third-order valence-corrected chi connectivity index (χ3v) is 3.65. The normalized spacial score (nSPS) is 12.2. The predicted molar refractivity (Wildman–Crippen MR) is 89.7 cm³/mol. The molecule has 0 saturated heterocycles. The smallest absolute Gasteiger partial charge is 0.130 e. The van der Waals surface area contributed by atoms with Gasteiger partial charge in [-0.05, 0) is 48.9 Å². The minimum atomic E-state index is 0.379. The van der Waals surface area contributed by atoms with Crippen LogP contribution in [0, 0.1) is 0 Å². The van der Waals surface area contributed by atoms with E-state index in [4.69, 9.17) is 27.9 Å². The average molecular weight is 324 g/mol. The summed E-state index contributed by atoms with van der Waals surface area (Å²) in [6.07, 6.45) is 1.05. The lowest BCUT2D eigenvalue weighted by Gasteiger charge is -2.16. The van der Waals surface area contributed by atoms with Crippen molar-refractivity contribution in [2.75, 3.05) is 6.54 Å². The van der Waals surface area contributed by atoms with E-state index in [-0.39, 0.29) is 0 Å². The van der Waals surface area contributed by atoms with Crippen molar-refractivity contribution in [2.45, 2.75) is 26.3 Å². The zero-order valence-electron chi connectivity index (χ0n) is 12.2. The van der Waals surface area contributed by atoms with E-state index in [1.165, 1.54) is 5.56 Å². The molecule has 0 radical (unpaired) electrons. The van der Waals surface area contributed by atoms with Crippen molar-refractivity contribution in [2.24, 2.45) is 0 Å². The van der Waals surface area contributed by atoms with Crippen LogP contribution >= 0.6 is 23.2 Å². The molecule has 2 nitrogen and oxygen atoms in total. The fourth-order valence-electron chi connectivity index (χ4n) is 2.24. The molecule has 0 aliphatic rings. The highest BCUT2D eigenvalue weighted by molar-refractivity contribution is 6.34. The first-order valence-corrected chi connectivity index (χ1v) is 7.85. The maximum atomic E-state index is 5.96. The first-order chi connectivity index (χ1) is 10.1. The van der Waals surface area contributed by atoms with Crippen molar-refractivity contribution in [3.8, 4) is 11.5 Å². The van der Waals surface area contributed by atoms with Crippen LogP contribution in [0.25, 0.3) is 0 Å². The highest BCUT2D eigenvalue weighted by Gasteiger charge is 2.08. The largest absolute Gasteiger partial charge is 0.457 e. The molecule has 0 aliphatic heterocycles. The summed E-state index contributed by atoms with van der Waals surface area (Å²) < 4.78 is 5.78. The molecule has 2 aromatic rings. The van der Waals surface area contributed by atoms with Crippen molar-refractivity contribution >= 4 is 23.2 Å². The summed E-state index contributed by atoms with van der Waals surface area (Å²) in [5.74, 6) is 1.41. The van der Waals surface area contributed by atoms with Gasteiger partial charge in [0, 0.05) is 16.1 Å². The summed E-state index contributed by atoms with van der Waals surface area (Å²) in [5, 5.41) is 4.58. The van der Waals surface area contributed by atoms with Crippen LogP contribution in [0.15, 0.2) is 42.5 Å². The molecule has 0 spiro atoms. The third kappa shape index (κ3) is 4.63. The van der Waals surface area contributed by atoms with Crippen molar-refractivity contribution in [1.82, 2.24) is 5.32 Å². The van der Waals surface area contributed by atoms with E-state index in [0.717, 1.165) is 18.7 Å². The maximum absolute atomic E-state index is 5.96. The summed E-state index contributed by atoms with van der Waals surface area (Å²) in [6.45, 7) is 5.24. The molecule has 0 fully saturated rings. The third-order valence-electron chi connectivity index (χ3n) is 3.21. The average Bonchev–Trinajstić information content (AvgIpc) is 2.45. The Morgan fingerprint density at radius 3 is 2.10 bits per heavy atom. The molecule has 0 heterocycles. The highest BCUT2D eigenvalue weighted by atomic mass is 35.5. The van der Waals surface area contributed by atoms with Crippen molar-refractivity contribution in [3.05, 3.63) is 58.1 Å². The van der Waals surface area contributed by atoms with Gasteiger partial charge in [0.1, 0.15) is 11.5 Å². The molecule has 0 aromatic heterocycles. The van der Waals surface area contributed by atoms with Gasteiger partial charge < -0.3 is 10.1 Å². The summed E-state index contributed by atoms with van der Waals surface area (Å²) >= 11 is 11.9. The number of nitrogens with one attached hydrogen (secondary N) is 1. The van der Waals surface area contributed by atoms with Crippen LogP contribution in [0.1, 0.15) is 31.9 Å². The lowest BCUT2D eigenvalue weighted by atomic mass is 10.0. The minimum Gasteiger partial charge on any atom is -0.457 e. The molecule has 112 valence electrons. The summed E-state index contributed by atoms with van der Waals surface area (Å²) in [5.41, 5.74) is 1.26. The monoisotopic (exact) mass is 323 g/mol. The molecular weight excluding hydrogens is 305 g/mol. The molecular formula is C17H19Cl2NO. The van der Waals surface area contributed by atoms with Crippen molar-refractivity contribution in [1.29, 1.82) is 0 Å². The molecule has 0 saturated carbocycles. The zero-order valence-corrected chi connectivity index (χ0v) is 13.7. The molecule has 1 unspecified atom stereocenters. The Balaban J connectivity index is 2.11. The van der Waals surface area contributed by atoms with Crippen molar-refractivity contribution in [3.63, 3.8) is 0 Å². The molecule has 1 N–H and O–H groups in total. The van der Waals surface area contributed by atoms with Crippen LogP contribution in [0.5, 0.6) is 11.5 Å². The lowest BCUT2D eigenvalue weighted by molar-refractivity contribution is 0.481. The fourth-order valence-corrected chi connectivity index (χ4v) is 2.74. The van der Waals surface area contributed by atoms with E-state index in [9.17, 15) is 0 Å². The Morgan fingerprint density at radius 2 is 1.57 bits per heavy atom. The van der Waals surface area contributed by atoms with Gasteiger partial charge in [-0.3, -0.25) is 0 Å². The topological polar surface area (TPSA) is 21.3 Å². The number of rotatable bonds is 6. The second kappa shape index (κ2) is 7.69. The van der Waals surface area contributed by atoms with Crippen LogP contribution in [0.4, 0.5) is 0 Å². The number of benzene rings is 2. The Bertz CT molecular complexity index is 564. The molecule has 2 rings (SSSR count). The quantitative estimate of drug-likeness (QED) is 0.720. The predicted octanol–water partition coefficient (Wildman–Crippen LogP) is 5.85. The van der Waals surface area contributed by atoms with Crippen LogP contribution < -0.4 is 10.1 Å². The van der Waals surface area contributed by atoms with Gasteiger partial charge in [-0.2, -0.15) is 0 Å². The Labute approximate surface area is 136 Å². The number of hydrogen-bond donors (Lipinski definition) is 1. The van der Waals surface area contributed by atoms with Crippen LogP contribution in [-0.4, -0.2) is 6.54 Å². The van der Waals surface area contributed by atoms with E-state index >= 15 is 0 Å². The van der Waals surface area contributed by atoms with Gasteiger partial charge >= 0.3 is 0 Å². The van der Waals surface area contributed by atoms with Crippen molar-refractivity contribution < 1.29 is 4.74 Å². The Morgan fingerprint density at radius 1 is 0.952 bits per heavy atom. The summed E-state index contributed by atoms with van der Waals surface area (Å²) in [7, 11) is 0. The van der Waals surface area contributed by atoms with Crippen LogP contribution in [0.3, 0.4) is 0 Å². The van der Waals surface area contributed by atoms with Gasteiger partial charge in [-0.25, -0.2) is 0 Å². The Kier molecular flexibility index (Phi) is 5.92. The molecule has 0 aliphatic carbocycles. The van der Waals surface area contributed by atoms with Gasteiger partial charge in [-0.1, -0.05) is 49.2 Å². The van der Waals surface area contributed by atoms with Crippen LogP contribution in [0.2, 0.25) is 10.0 Å². The second-order valence-electron chi connectivity index (χ2n) is 4.79. The molecule has 0 amide bonds. The fraction of sp³-hybridized carbons (Fsp3) is 0.294. The molecule has 0 bridgehead atoms. The van der Waals surface area contributed by atoms with E-state index < -0.39 is 0 Å². The van der Waals surface area contributed by atoms with E-state index in [0.29, 0.717) is 21.8 Å². The SMILES string of the molecule is CCNC(CC)c1ccc(Oc2cc(Cl)cc(Cl)c2)cc1. The van der Waals surface area contributed by atoms with Gasteiger partial charge in [-0.15, -0.1) is 0 Å². The van der Waals surface area contributed by atoms with Gasteiger partial charge in [0.05, 0.1) is 0 Å². The molecule has 21 heavy (non-hydrogen) atoms. The van der Waals surface area contributed by atoms with Gasteiger partial charge in [0.2, 0.25) is 0 Å². The highest BCUT2D eigenvalue weighted by Crippen LogP contribution is 2.29. The number of halogens is 2. The van der Waals surface area contributed by atoms with E-state index in [2.05, 4.69) is 31.3 Å². The van der Waals surface area contributed by atoms with E-state index in [1.807, 2.05) is 12.1 Å². The molecule has 2 aromatic carbocycles. The number of hydrogen-bond acceptors (Lipinski definition) is 2. The summed E-state index contributed by atoms with van der Waals surface area (Å²) in [4.78, 5) is 0. The zero-order chi connectivity index (χ0) is 15.2. The first-order valence-electron chi connectivity index (χ1n) is 7.09. The van der Waals surface area contributed by atoms with Gasteiger partial charge in [0.15, 0.2) is 0 Å². The summed E-state index contributed by atoms with van der Waals surface area (Å²) in [6, 6.07) is 13.6.